The summed E-state index contributed by atoms with van der Waals surface area (Å²) in [5, 5.41) is 10.0. The highest BCUT2D eigenvalue weighted by Crippen LogP contribution is 2.44. The van der Waals surface area contributed by atoms with Gasteiger partial charge in [0.15, 0.2) is 6.10 Å². The Labute approximate surface area is 160 Å². The lowest BCUT2D eigenvalue weighted by atomic mass is 9.92. The molecule has 0 aliphatic carbocycles. The standard InChI is InChI=1S/C20H21F3O5/c1-13(24)17(14-9-11-16(26-2)12-10-14)28-18(25)19(27-3,20(21,22)23)15-7-5-4-6-8-15/h4-13,17,24H,1-3H3/t13-,17+,19-/m1/s1. The minimum atomic E-state index is -5.09. The summed E-state index contributed by atoms with van der Waals surface area (Å²) >= 11 is 0. The van der Waals surface area contributed by atoms with Crippen LogP contribution in [0, 0.1) is 0 Å². The zero-order valence-electron chi connectivity index (χ0n) is 15.6. The van der Waals surface area contributed by atoms with Gasteiger partial charge in [-0.3, -0.25) is 0 Å². The summed E-state index contributed by atoms with van der Waals surface area (Å²) in [6, 6.07) is 12.6. The monoisotopic (exact) mass is 398 g/mol. The zero-order valence-corrected chi connectivity index (χ0v) is 15.6. The van der Waals surface area contributed by atoms with E-state index in [0.717, 1.165) is 19.2 Å². The van der Waals surface area contributed by atoms with Crippen molar-refractivity contribution >= 4 is 5.97 Å². The molecule has 8 heteroatoms. The van der Waals surface area contributed by atoms with Gasteiger partial charge in [0.1, 0.15) is 5.75 Å². The van der Waals surface area contributed by atoms with Gasteiger partial charge in [0.2, 0.25) is 0 Å². The van der Waals surface area contributed by atoms with Gasteiger partial charge in [-0.1, -0.05) is 42.5 Å². The number of halogens is 3. The van der Waals surface area contributed by atoms with Gasteiger partial charge in [0.05, 0.1) is 13.2 Å². The molecule has 28 heavy (non-hydrogen) atoms. The molecule has 0 heterocycles. The van der Waals surface area contributed by atoms with Crippen molar-refractivity contribution in [3.05, 3.63) is 65.7 Å². The summed E-state index contributed by atoms with van der Waals surface area (Å²) < 4.78 is 56.7. The Hall–Kier alpha value is -2.58. The van der Waals surface area contributed by atoms with Crippen molar-refractivity contribution in [1.29, 1.82) is 0 Å². The summed E-state index contributed by atoms with van der Waals surface area (Å²) in [6.07, 6.45) is -7.70. The number of carbonyl (C=O) groups is 1. The summed E-state index contributed by atoms with van der Waals surface area (Å²) in [7, 11) is 2.24. The second-order valence-corrected chi connectivity index (χ2v) is 6.09. The average molecular weight is 398 g/mol. The molecule has 3 atom stereocenters. The molecule has 0 saturated carbocycles. The van der Waals surface area contributed by atoms with E-state index in [-0.39, 0.29) is 0 Å². The maximum atomic E-state index is 14.0. The molecule has 0 bridgehead atoms. The van der Waals surface area contributed by atoms with Gasteiger partial charge in [-0.2, -0.15) is 13.2 Å². The van der Waals surface area contributed by atoms with Crippen molar-refractivity contribution in [2.45, 2.75) is 30.9 Å². The Morgan fingerprint density at radius 3 is 2.00 bits per heavy atom. The van der Waals surface area contributed by atoms with Gasteiger partial charge < -0.3 is 19.3 Å². The Bertz CT molecular complexity index is 775. The van der Waals surface area contributed by atoms with Crippen LogP contribution >= 0.6 is 0 Å². The highest BCUT2D eigenvalue weighted by atomic mass is 19.4. The maximum absolute atomic E-state index is 14.0. The SMILES string of the molecule is COc1ccc([C@@H](OC(=O)[C@](OC)(c2ccccc2)C(F)(F)F)[C@@H](C)O)cc1. The van der Waals surface area contributed by atoms with E-state index in [1.165, 1.54) is 44.4 Å². The first-order chi connectivity index (χ1) is 13.2. The third kappa shape index (κ3) is 4.13. The number of alkyl halides is 3. The number of rotatable bonds is 7. The predicted molar refractivity (Wildman–Crippen MR) is 94.7 cm³/mol. The number of hydrogen-bond acceptors (Lipinski definition) is 5. The average Bonchev–Trinajstić information content (AvgIpc) is 2.66. The van der Waals surface area contributed by atoms with Crippen LogP contribution in [0.3, 0.4) is 0 Å². The van der Waals surface area contributed by atoms with E-state index in [4.69, 9.17) is 14.2 Å². The molecule has 1 N–H and O–H groups in total. The first-order valence-corrected chi connectivity index (χ1v) is 8.38. The Balaban J connectivity index is 2.45. The largest absolute Gasteiger partial charge is 0.497 e. The Morgan fingerprint density at radius 1 is 1.00 bits per heavy atom. The van der Waals surface area contributed by atoms with E-state index in [1.807, 2.05) is 0 Å². The number of esters is 1. The van der Waals surface area contributed by atoms with E-state index in [9.17, 15) is 23.1 Å². The maximum Gasteiger partial charge on any atom is 0.432 e. The molecule has 0 aromatic heterocycles. The minimum Gasteiger partial charge on any atom is -0.497 e. The molecule has 0 amide bonds. The van der Waals surface area contributed by atoms with Crippen LogP contribution < -0.4 is 4.74 Å². The molecule has 0 spiro atoms. The highest BCUT2D eigenvalue weighted by molar-refractivity contribution is 5.83. The normalized spacial score (nSPS) is 16.0. The lowest BCUT2D eigenvalue weighted by Gasteiger charge is -2.34. The predicted octanol–water partition coefficient (Wildman–Crippen LogP) is 3.76. The second-order valence-electron chi connectivity index (χ2n) is 6.09. The smallest absolute Gasteiger partial charge is 0.432 e. The summed E-state index contributed by atoms with van der Waals surface area (Å²) in [6.45, 7) is 1.31. The van der Waals surface area contributed by atoms with Crippen molar-refractivity contribution in [2.24, 2.45) is 0 Å². The fraction of sp³-hybridized carbons (Fsp3) is 0.350. The van der Waals surface area contributed by atoms with Crippen LogP contribution in [0.4, 0.5) is 13.2 Å². The van der Waals surface area contributed by atoms with Crippen LogP contribution in [0.15, 0.2) is 54.6 Å². The fourth-order valence-electron chi connectivity index (χ4n) is 2.82. The molecule has 0 unspecified atom stereocenters. The van der Waals surface area contributed by atoms with E-state index in [0.29, 0.717) is 11.3 Å². The van der Waals surface area contributed by atoms with Crippen molar-refractivity contribution < 1.29 is 37.3 Å². The molecule has 0 radical (unpaired) electrons. The van der Waals surface area contributed by atoms with Crippen LogP contribution in [0.25, 0.3) is 0 Å². The molecule has 0 saturated heterocycles. The van der Waals surface area contributed by atoms with Gasteiger partial charge in [0.25, 0.3) is 5.60 Å². The topological polar surface area (TPSA) is 65.0 Å². The number of benzene rings is 2. The molecular formula is C20H21F3O5. The molecule has 0 aliphatic rings. The lowest BCUT2D eigenvalue weighted by Crippen LogP contribution is -2.52. The second kappa shape index (κ2) is 8.62. The van der Waals surface area contributed by atoms with Crippen LogP contribution in [-0.4, -0.2) is 37.6 Å². The molecule has 2 rings (SSSR count). The summed E-state index contributed by atoms with van der Waals surface area (Å²) in [5.41, 5.74) is -3.44. The van der Waals surface area contributed by atoms with Crippen LogP contribution in [-0.2, 0) is 19.9 Å². The van der Waals surface area contributed by atoms with Gasteiger partial charge >= 0.3 is 12.1 Å². The van der Waals surface area contributed by atoms with Crippen LogP contribution in [0.1, 0.15) is 24.2 Å². The number of carbonyl (C=O) groups excluding carboxylic acids is 1. The summed E-state index contributed by atoms with van der Waals surface area (Å²) in [5.74, 6) is -1.17. The fourth-order valence-corrected chi connectivity index (χ4v) is 2.82. The number of methoxy groups -OCH3 is 2. The number of hydrogen-bond donors (Lipinski definition) is 1. The third-order valence-electron chi connectivity index (χ3n) is 4.29. The van der Waals surface area contributed by atoms with Crippen molar-refractivity contribution in [3.63, 3.8) is 0 Å². The molecule has 2 aromatic rings. The molecule has 152 valence electrons. The lowest BCUT2D eigenvalue weighted by molar-refractivity contribution is -0.279. The van der Waals surface area contributed by atoms with Crippen molar-refractivity contribution in [2.75, 3.05) is 14.2 Å². The third-order valence-corrected chi connectivity index (χ3v) is 4.29. The number of aliphatic hydroxyl groups excluding tert-OH is 1. The number of ether oxygens (including phenoxy) is 3. The molecular weight excluding hydrogens is 377 g/mol. The van der Waals surface area contributed by atoms with E-state index in [2.05, 4.69) is 0 Å². The zero-order chi connectivity index (χ0) is 20.9. The molecule has 2 aromatic carbocycles. The van der Waals surface area contributed by atoms with E-state index in [1.54, 1.807) is 12.1 Å². The van der Waals surface area contributed by atoms with Crippen LogP contribution in [0.2, 0.25) is 0 Å². The van der Waals surface area contributed by atoms with E-state index >= 15 is 0 Å². The first-order valence-electron chi connectivity index (χ1n) is 8.38. The van der Waals surface area contributed by atoms with Gasteiger partial charge in [-0.15, -0.1) is 0 Å². The molecule has 5 nitrogen and oxygen atoms in total. The first kappa shape index (κ1) is 21.7. The van der Waals surface area contributed by atoms with E-state index < -0.39 is 35.5 Å². The van der Waals surface area contributed by atoms with Gasteiger partial charge in [0, 0.05) is 12.7 Å². The minimum absolute atomic E-state index is 0.310. The van der Waals surface area contributed by atoms with Gasteiger partial charge in [-0.25, -0.2) is 4.79 Å². The Kier molecular flexibility index (Phi) is 6.69. The van der Waals surface area contributed by atoms with Gasteiger partial charge in [-0.05, 0) is 24.6 Å². The Morgan fingerprint density at radius 2 is 1.57 bits per heavy atom. The number of aliphatic hydroxyl groups is 1. The highest BCUT2D eigenvalue weighted by Gasteiger charge is 2.64. The summed E-state index contributed by atoms with van der Waals surface area (Å²) in [4.78, 5) is 12.8. The van der Waals surface area contributed by atoms with Crippen molar-refractivity contribution in [3.8, 4) is 5.75 Å². The molecule has 0 fully saturated rings. The van der Waals surface area contributed by atoms with Crippen molar-refractivity contribution in [1.82, 2.24) is 0 Å². The van der Waals surface area contributed by atoms with Crippen LogP contribution in [0.5, 0.6) is 5.75 Å². The molecule has 0 aliphatic heterocycles. The quantitative estimate of drug-likeness (QED) is 0.720.